The van der Waals surface area contributed by atoms with Gasteiger partial charge in [-0.3, -0.25) is 0 Å². The Hall–Kier alpha value is -2.78. The molecule has 0 bridgehead atoms. The van der Waals surface area contributed by atoms with E-state index < -0.39 is 0 Å². The average molecular weight is 412 g/mol. The number of piperidine rings is 1. The highest BCUT2D eigenvalue weighted by Gasteiger charge is 2.27. The minimum absolute atomic E-state index is 0.246. The lowest BCUT2D eigenvalue weighted by molar-refractivity contribution is 0.00530. The van der Waals surface area contributed by atoms with Crippen molar-refractivity contribution in [2.45, 2.75) is 38.6 Å². The third-order valence-electron chi connectivity index (χ3n) is 5.28. The minimum Gasteiger partial charge on any atom is -0.495 e. The molecule has 3 aromatic rings. The number of anilines is 1. The van der Waals surface area contributed by atoms with Crippen LogP contribution < -0.4 is 15.4 Å². The molecule has 5 heterocycles. The van der Waals surface area contributed by atoms with Crippen molar-refractivity contribution in [2.75, 3.05) is 38.7 Å². The van der Waals surface area contributed by atoms with Crippen LogP contribution in [0.3, 0.4) is 0 Å². The smallest absolute Gasteiger partial charge is 0.223 e. The summed E-state index contributed by atoms with van der Waals surface area (Å²) >= 11 is 0. The standard InChI is InChI=1S/C19H23N7O2.C2H6/c1-27-16-7-17-22-9-15(26(17)25-18(16)12-10-28-11-12)14-4-6-21-19(24-14)23-13-3-2-5-20-8-13;1-2/h4,6-7,9,12-13,20H,2-3,5,8,10-11H2,1H3,(H,21,23,24);1-2H3. The molecule has 9 heteroatoms. The van der Waals surface area contributed by atoms with Crippen LogP contribution in [0.2, 0.25) is 0 Å². The van der Waals surface area contributed by atoms with Crippen LogP contribution in [-0.4, -0.2) is 64.0 Å². The van der Waals surface area contributed by atoms with Crippen LogP contribution in [0, 0.1) is 0 Å². The van der Waals surface area contributed by atoms with E-state index in [-0.39, 0.29) is 5.92 Å². The highest BCUT2D eigenvalue weighted by Crippen LogP contribution is 2.31. The van der Waals surface area contributed by atoms with Gasteiger partial charge < -0.3 is 20.1 Å². The molecule has 3 aromatic heterocycles. The van der Waals surface area contributed by atoms with Crippen LogP contribution in [0.5, 0.6) is 5.75 Å². The lowest BCUT2D eigenvalue weighted by Gasteiger charge is -2.26. The molecule has 2 fully saturated rings. The Morgan fingerprint density at radius 2 is 2.13 bits per heavy atom. The predicted molar refractivity (Wildman–Crippen MR) is 115 cm³/mol. The second kappa shape index (κ2) is 9.36. The predicted octanol–water partition coefficient (Wildman–Crippen LogP) is 2.50. The van der Waals surface area contributed by atoms with Gasteiger partial charge in [0.05, 0.1) is 38.1 Å². The highest BCUT2D eigenvalue weighted by atomic mass is 16.5. The molecule has 0 saturated carbocycles. The number of ether oxygens (including phenoxy) is 2. The number of nitrogens with zero attached hydrogens (tertiary/aromatic N) is 5. The van der Waals surface area contributed by atoms with Gasteiger partial charge in [-0.1, -0.05) is 13.8 Å². The zero-order valence-corrected chi connectivity index (χ0v) is 17.8. The summed E-state index contributed by atoms with van der Waals surface area (Å²) < 4.78 is 12.7. The molecule has 2 saturated heterocycles. The SMILES string of the molecule is CC.COc1cc2ncc(-c3ccnc(NC4CCCNC4)n3)n2nc1C1COC1. The molecule has 2 aliphatic rings. The molecule has 1 atom stereocenters. The van der Waals surface area contributed by atoms with Gasteiger partial charge >= 0.3 is 0 Å². The maximum atomic E-state index is 5.52. The van der Waals surface area contributed by atoms with Gasteiger partial charge in [-0.15, -0.1) is 0 Å². The molecule has 0 radical (unpaired) electrons. The summed E-state index contributed by atoms with van der Waals surface area (Å²) in [6.45, 7) is 7.33. The number of aromatic nitrogens is 5. The lowest BCUT2D eigenvalue weighted by Crippen LogP contribution is -2.38. The van der Waals surface area contributed by atoms with Crippen LogP contribution in [0.1, 0.15) is 38.3 Å². The van der Waals surface area contributed by atoms with Crippen LogP contribution in [0.4, 0.5) is 5.95 Å². The summed E-state index contributed by atoms with van der Waals surface area (Å²) in [5.41, 5.74) is 3.22. The van der Waals surface area contributed by atoms with Crippen molar-refractivity contribution in [3.8, 4) is 17.1 Å². The molecule has 2 N–H and O–H groups in total. The fourth-order valence-corrected chi connectivity index (χ4v) is 3.65. The molecular formula is C21H29N7O2. The fourth-order valence-electron chi connectivity index (χ4n) is 3.65. The Morgan fingerprint density at radius 3 is 2.83 bits per heavy atom. The topological polar surface area (TPSA) is 98.5 Å². The number of hydrogen-bond donors (Lipinski definition) is 2. The van der Waals surface area contributed by atoms with Crippen molar-refractivity contribution in [1.29, 1.82) is 0 Å². The number of methoxy groups -OCH3 is 1. The van der Waals surface area contributed by atoms with Crippen LogP contribution in [0.25, 0.3) is 17.0 Å². The van der Waals surface area contributed by atoms with Gasteiger partial charge in [0, 0.05) is 24.8 Å². The van der Waals surface area contributed by atoms with Crippen LogP contribution >= 0.6 is 0 Å². The highest BCUT2D eigenvalue weighted by molar-refractivity contribution is 5.61. The molecule has 0 aromatic carbocycles. The maximum Gasteiger partial charge on any atom is 0.223 e. The summed E-state index contributed by atoms with van der Waals surface area (Å²) in [6, 6.07) is 4.14. The molecule has 0 aliphatic carbocycles. The number of fused-ring (bicyclic) bond motifs is 1. The molecule has 5 rings (SSSR count). The van der Waals surface area contributed by atoms with Gasteiger partial charge in [0.2, 0.25) is 5.95 Å². The van der Waals surface area contributed by atoms with E-state index in [1.807, 2.05) is 30.5 Å². The second-order valence-electron chi connectivity index (χ2n) is 7.20. The van der Waals surface area contributed by atoms with Gasteiger partial charge in [-0.05, 0) is 25.5 Å². The Bertz CT molecular complexity index is 981. The number of nitrogens with one attached hydrogen (secondary N) is 2. The van der Waals surface area contributed by atoms with Crippen molar-refractivity contribution in [2.24, 2.45) is 0 Å². The minimum atomic E-state index is 0.246. The van der Waals surface area contributed by atoms with Gasteiger partial charge in [0.1, 0.15) is 17.1 Å². The van der Waals surface area contributed by atoms with E-state index >= 15 is 0 Å². The van der Waals surface area contributed by atoms with Crippen molar-refractivity contribution in [3.63, 3.8) is 0 Å². The summed E-state index contributed by atoms with van der Waals surface area (Å²) in [5.74, 6) is 1.62. The Kier molecular flexibility index (Phi) is 6.39. The number of hydrogen-bond acceptors (Lipinski definition) is 8. The summed E-state index contributed by atoms with van der Waals surface area (Å²) in [6.07, 6.45) is 5.83. The van der Waals surface area contributed by atoms with E-state index in [4.69, 9.17) is 19.6 Å². The quantitative estimate of drug-likeness (QED) is 0.661. The van der Waals surface area contributed by atoms with E-state index in [0.29, 0.717) is 25.2 Å². The molecule has 9 nitrogen and oxygen atoms in total. The normalized spacial score (nSPS) is 19.0. The second-order valence-corrected chi connectivity index (χ2v) is 7.20. The van der Waals surface area contributed by atoms with Crippen molar-refractivity contribution < 1.29 is 9.47 Å². The lowest BCUT2D eigenvalue weighted by atomic mass is 10.0. The monoisotopic (exact) mass is 411 g/mol. The van der Waals surface area contributed by atoms with E-state index in [2.05, 4.69) is 20.6 Å². The largest absolute Gasteiger partial charge is 0.495 e. The third-order valence-corrected chi connectivity index (χ3v) is 5.28. The first kappa shape index (κ1) is 20.5. The van der Waals surface area contributed by atoms with Crippen LogP contribution in [-0.2, 0) is 4.74 Å². The zero-order chi connectivity index (χ0) is 20.9. The van der Waals surface area contributed by atoms with Crippen molar-refractivity contribution in [3.05, 3.63) is 30.2 Å². The van der Waals surface area contributed by atoms with Gasteiger partial charge in [0.15, 0.2) is 5.65 Å². The maximum absolute atomic E-state index is 5.52. The average Bonchev–Trinajstić information content (AvgIpc) is 3.17. The molecule has 0 amide bonds. The Morgan fingerprint density at radius 1 is 1.27 bits per heavy atom. The van der Waals surface area contributed by atoms with Crippen LogP contribution in [0.15, 0.2) is 24.5 Å². The third kappa shape index (κ3) is 4.08. The molecule has 1 unspecified atom stereocenters. The van der Waals surface area contributed by atoms with Crippen molar-refractivity contribution in [1.82, 2.24) is 29.9 Å². The van der Waals surface area contributed by atoms with Gasteiger partial charge in [0.25, 0.3) is 0 Å². The molecule has 2 aliphatic heterocycles. The summed E-state index contributed by atoms with van der Waals surface area (Å²) in [4.78, 5) is 13.6. The number of imidazole rings is 1. The first-order valence-electron chi connectivity index (χ1n) is 10.6. The van der Waals surface area contributed by atoms with E-state index in [1.54, 1.807) is 19.5 Å². The fraction of sp³-hybridized carbons (Fsp3) is 0.524. The van der Waals surface area contributed by atoms with Gasteiger partial charge in [-0.2, -0.15) is 5.10 Å². The zero-order valence-electron chi connectivity index (χ0n) is 17.8. The Labute approximate surface area is 176 Å². The number of rotatable bonds is 5. The van der Waals surface area contributed by atoms with E-state index in [0.717, 1.165) is 54.4 Å². The summed E-state index contributed by atoms with van der Waals surface area (Å²) in [7, 11) is 1.66. The van der Waals surface area contributed by atoms with Crippen molar-refractivity contribution >= 4 is 11.6 Å². The molecule has 0 spiro atoms. The Balaban J connectivity index is 0.00000106. The van der Waals surface area contributed by atoms with E-state index in [1.165, 1.54) is 0 Å². The first-order chi connectivity index (χ1) is 14.8. The van der Waals surface area contributed by atoms with E-state index in [9.17, 15) is 0 Å². The molecule has 30 heavy (non-hydrogen) atoms. The molecule has 160 valence electrons. The molecular weight excluding hydrogens is 382 g/mol. The first-order valence-corrected chi connectivity index (χ1v) is 10.6. The van der Waals surface area contributed by atoms with Gasteiger partial charge in [-0.25, -0.2) is 19.5 Å². The summed E-state index contributed by atoms with van der Waals surface area (Å²) in [5, 5.41) is 11.6.